The fraction of sp³-hybridized carbons (Fsp3) is 0.474. The lowest BCUT2D eigenvalue weighted by Gasteiger charge is -2.18. The van der Waals surface area contributed by atoms with Gasteiger partial charge < -0.3 is 15.7 Å². The molecule has 0 spiro atoms. The third-order valence-corrected chi connectivity index (χ3v) is 4.81. The van der Waals surface area contributed by atoms with Crippen LogP contribution < -0.4 is 10.6 Å². The summed E-state index contributed by atoms with van der Waals surface area (Å²) in [7, 11) is 1.74. The van der Waals surface area contributed by atoms with E-state index in [-0.39, 0.29) is 17.9 Å². The number of hydrogen-bond donors (Lipinski definition) is 3. The molecule has 1 aromatic heterocycles. The summed E-state index contributed by atoms with van der Waals surface area (Å²) in [6.07, 6.45) is 0. The fourth-order valence-corrected chi connectivity index (χ4v) is 3.31. The molecule has 0 radical (unpaired) electrons. The minimum atomic E-state index is 0.0344. The van der Waals surface area contributed by atoms with Gasteiger partial charge in [-0.1, -0.05) is 51.1 Å². The Morgan fingerprint density at radius 1 is 1.24 bits per heavy atom. The van der Waals surface area contributed by atoms with Crippen molar-refractivity contribution in [2.75, 3.05) is 20.2 Å². The molecule has 0 aliphatic heterocycles. The van der Waals surface area contributed by atoms with Crippen LogP contribution in [0.4, 0.5) is 0 Å². The Labute approximate surface area is 154 Å². The van der Waals surface area contributed by atoms with Gasteiger partial charge in [-0.2, -0.15) is 0 Å². The lowest BCUT2D eigenvalue weighted by atomic mass is 9.93. The molecule has 136 valence electrons. The molecule has 1 heterocycles. The molecule has 3 N–H and O–H groups in total. The highest BCUT2D eigenvalue weighted by Gasteiger charge is 2.17. The lowest BCUT2D eigenvalue weighted by Crippen LogP contribution is -2.39. The van der Waals surface area contributed by atoms with Gasteiger partial charge >= 0.3 is 0 Å². The molecule has 25 heavy (non-hydrogen) atoms. The van der Waals surface area contributed by atoms with E-state index in [4.69, 9.17) is 0 Å². The maximum atomic E-state index is 9.64. The zero-order chi connectivity index (χ0) is 18.3. The number of nitrogens with one attached hydrogen (secondary N) is 2. The Hall–Kier alpha value is -1.92. The molecular weight excluding hydrogens is 332 g/mol. The third-order valence-electron chi connectivity index (χ3n) is 3.96. The summed E-state index contributed by atoms with van der Waals surface area (Å²) in [6.45, 7) is 7.84. The number of aliphatic hydroxyl groups is 1. The predicted octanol–water partition coefficient (Wildman–Crippen LogP) is 2.88. The summed E-state index contributed by atoms with van der Waals surface area (Å²) in [4.78, 5) is 8.93. The summed E-state index contributed by atoms with van der Waals surface area (Å²) in [6, 6.07) is 10.0. The molecule has 0 aliphatic rings. The van der Waals surface area contributed by atoms with Gasteiger partial charge in [0.2, 0.25) is 0 Å². The first kappa shape index (κ1) is 19.4. The van der Waals surface area contributed by atoms with Crippen LogP contribution in [0.5, 0.6) is 0 Å². The molecule has 0 aliphatic carbocycles. The normalized spacial score (nSPS) is 13.6. The van der Waals surface area contributed by atoms with Gasteiger partial charge in [-0.3, -0.25) is 4.99 Å². The lowest BCUT2D eigenvalue weighted by molar-refractivity contribution is 0.265. The molecule has 0 fully saturated rings. The van der Waals surface area contributed by atoms with Crippen molar-refractivity contribution in [3.8, 4) is 0 Å². The summed E-state index contributed by atoms with van der Waals surface area (Å²) >= 11 is 1.66. The van der Waals surface area contributed by atoms with Crippen LogP contribution in [0.25, 0.3) is 0 Å². The van der Waals surface area contributed by atoms with Crippen molar-refractivity contribution < 1.29 is 5.11 Å². The molecule has 0 amide bonds. The van der Waals surface area contributed by atoms with Crippen LogP contribution >= 0.6 is 11.3 Å². The van der Waals surface area contributed by atoms with Crippen molar-refractivity contribution in [2.45, 2.75) is 38.6 Å². The third kappa shape index (κ3) is 5.83. The van der Waals surface area contributed by atoms with Crippen molar-refractivity contribution in [3.63, 3.8) is 0 Å². The van der Waals surface area contributed by atoms with Gasteiger partial charge in [0.25, 0.3) is 0 Å². The van der Waals surface area contributed by atoms with E-state index in [1.165, 1.54) is 0 Å². The second-order valence-corrected chi connectivity index (χ2v) is 7.92. The van der Waals surface area contributed by atoms with Crippen LogP contribution in [0, 0.1) is 0 Å². The van der Waals surface area contributed by atoms with Crippen LogP contribution in [0.2, 0.25) is 0 Å². The Balaban J connectivity index is 1.87. The summed E-state index contributed by atoms with van der Waals surface area (Å²) < 4.78 is 0. The minimum absolute atomic E-state index is 0.0344. The number of rotatable bonds is 6. The zero-order valence-corrected chi connectivity index (χ0v) is 16.2. The molecule has 0 saturated heterocycles. The van der Waals surface area contributed by atoms with Gasteiger partial charge in [0.15, 0.2) is 5.96 Å². The van der Waals surface area contributed by atoms with Gasteiger partial charge in [-0.25, -0.2) is 4.98 Å². The van der Waals surface area contributed by atoms with Crippen LogP contribution in [0.1, 0.15) is 43.0 Å². The van der Waals surface area contributed by atoms with Crippen LogP contribution in [-0.4, -0.2) is 36.2 Å². The second kappa shape index (κ2) is 8.97. The van der Waals surface area contributed by atoms with E-state index in [2.05, 4.69) is 46.8 Å². The van der Waals surface area contributed by atoms with E-state index in [0.29, 0.717) is 19.0 Å². The van der Waals surface area contributed by atoms with Crippen LogP contribution in [-0.2, 0) is 12.0 Å². The number of hydrogen-bond acceptors (Lipinski definition) is 4. The number of guanidine groups is 1. The van der Waals surface area contributed by atoms with E-state index in [0.717, 1.165) is 16.3 Å². The number of aliphatic imine (C=N–C) groups is 1. The molecule has 0 bridgehead atoms. The molecule has 2 aromatic rings. The predicted molar refractivity (Wildman–Crippen MR) is 105 cm³/mol. The number of thiazole rings is 1. The van der Waals surface area contributed by atoms with Crippen LogP contribution in [0.15, 0.2) is 40.7 Å². The largest absolute Gasteiger partial charge is 0.396 e. The van der Waals surface area contributed by atoms with Gasteiger partial charge in [0.1, 0.15) is 5.01 Å². The highest BCUT2D eigenvalue weighted by molar-refractivity contribution is 7.09. The second-order valence-electron chi connectivity index (χ2n) is 6.97. The standard InChI is InChI=1S/C19H28N4OS/c1-19(2,3)16-13-25-17(23-16)11-22-18(20-4)21-10-15(12-24)14-8-6-5-7-9-14/h5-9,13,15,24H,10-12H2,1-4H3,(H2,20,21,22). The number of nitrogens with zero attached hydrogens (tertiary/aromatic N) is 2. The van der Waals surface area contributed by atoms with Crippen molar-refractivity contribution >= 4 is 17.3 Å². The first-order valence-electron chi connectivity index (χ1n) is 8.49. The van der Waals surface area contributed by atoms with Crippen molar-refractivity contribution in [1.82, 2.24) is 15.6 Å². The Morgan fingerprint density at radius 3 is 2.52 bits per heavy atom. The molecule has 1 aromatic carbocycles. The van der Waals surface area contributed by atoms with E-state index >= 15 is 0 Å². The Kier molecular flexibility index (Phi) is 6.96. The number of aliphatic hydroxyl groups excluding tert-OH is 1. The fourth-order valence-electron chi connectivity index (χ4n) is 2.35. The SMILES string of the molecule is CN=C(NCc1nc(C(C)(C)C)cs1)NCC(CO)c1ccccc1. The molecule has 1 atom stereocenters. The van der Waals surface area contributed by atoms with Crippen LogP contribution in [0.3, 0.4) is 0 Å². The average Bonchev–Trinajstić information content (AvgIpc) is 3.08. The molecular formula is C19H28N4OS. The summed E-state index contributed by atoms with van der Waals surface area (Å²) in [5, 5.41) is 19.4. The molecule has 0 saturated carbocycles. The monoisotopic (exact) mass is 360 g/mol. The highest BCUT2D eigenvalue weighted by Crippen LogP contribution is 2.23. The molecule has 5 nitrogen and oxygen atoms in total. The molecule has 2 rings (SSSR count). The van der Waals surface area contributed by atoms with Gasteiger partial charge in [0.05, 0.1) is 18.8 Å². The first-order chi connectivity index (χ1) is 11.9. The van der Waals surface area contributed by atoms with E-state index in [1.807, 2.05) is 30.3 Å². The minimum Gasteiger partial charge on any atom is -0.396 e. The Morgan fingerprint density at radius 2 is 1.96 bits per heavy atom. The van der Waals surface area contributed by atoms with Crippen molar-refractivity contribution in [2.24, 2.45) is 4.99 Å². The maximum Gasteiger partial charge on any atom is 0.191 e. The summed E-state index contributed by atoms with van der Waals surface area (Å²) in [5.41, 5.74) is 2.29. The van der Waals surface area contributed by atoms with E-state index < -0.39 is 0 Å². The quantitative estimate of drug-likeness (QED) is 0.547. The smallest absolute Gasteiger partial charge is 0.191 e. The molecule has 1 unspecified atom stereocenters. The van der Waals surface area contributed by atoms with Crippen molar-refractivity contribution in [1.29, 1.82) is 0 Å². The zero-order valence-electron chi connectivity index (χ0n) is 15.4. The van der Waals surface area contributed by atoms with Gasteiger partial charge in [-0.15, -0.1) is 11.3 Å². The number of benzene rings is 1. The van der Waals surface area contributed by atoms with E-state index in [9.17, 15) is 5.11 Å². The topological polar surface area (TPSA) is 69.5 Å². The van der Waals surface area contributed by atoms with Gasteiger partial charge in [0, 0.05) is 30.3 Å². The van der Waals surface area contributed by atoms with Crippen molar-refractivity contribution in [3.05, 3.63) is 52.0 Å². The number of aromatic nitrogens is 1. The first-order valence-corrected chi connectivity index (χ1v) is 9.37. The Bertz CT molecular complexity index is 676. The van der Waals surface area contributed by atoms with E-state index in [1.54, 1.807) is 18.4 Å². The summed E-state index contributed by atoms with van der Waals surface area (Å²) in [5.74, 6) is 0.744. The van der Waals surface area contributed by atoms with Gasteiger partial charge in [-0.05, 0) is 5.56 Å². The highest BCUT2D eigenvalue weighted by atomic mass is 32.1. The maximum absolute atomic E-state index is 9.64. The molecule has 6 heteroatoms. The average molecular weight is 361 g/mol.